The van der Waals surface area contributed by atoms with E-state index in [0.29, 0.717) is 62.3 Å². The molecule has 0 fully saturated rings. The van der Waals surface area contributed by atoms with E-state index >= 15 is 0 Å². The van der Waals surface area contributed by atoms with Crippen LogP contribution in [0.4, 0.5) is 0 Å². The zero-order valence-electron chi connectivity index (χ0n) is 61.2. The van der Waals surface area contributed by atoms with Gasteiger partial charge in [-0.2, -0.15) is 8.42 Å². The van der Waals surface area contributed by atoms with E-state index in [0.717, 1.165) is 52.1 Å². The van der Waals surface area contributed by atoms with Crippen molar-refractivity contribution in [1.29, 1.82) is 0 Å². The molecule has 0 heterocycles. The number of unbranched alkanes of at least 4 members (excludes halogenated alkanes) is 1. The van der Waals surface area contributed by atoms with Crippen molar-refractivity contribution < 1.29 is 46.2 Å². The van der Waals surface area contributed by atoms with Crippen LogP contribution >= 0.6 is 0 Å². The first kappa shape index (κ1) is 94.9. The average molecular weight is 1240 g/mol. The predicted octanol–water partition coefficient (Wildman–Crippen LogP) is 14.0. The van der Waals surface area contributed by atoms with E-state index in [4.69, 9.17) is 0 Å². The Labute approximate surface area is 525 Å². The Bertz CT molecular complexity index is 1850. The summed E-state index contributed by atoms with van der Waals surface area (Å²) in [4.78, 5) is 80.5. The molecule has 0 aromatic carbocycles. The number of amides is 7. The van der Waals surface area contributed by atoms with Crippen LogP contribution < -0.4 is 31.9 Å². The van der Waals surface area contributed by atoms with Crippen molar-refractivity contribution in [1.82, 2.24) is 36.8 Å². The Balaban J connectivity index is -0.000000168. The zero-order valence-corrected chi connectivity index (χ0v) is 62.1. The van der Waals surface area contributed by atoms with Gasteiger partial charge in [-0.25, -0.2) is 0 Å². The third-order valence-electron chi connectivity index (χ3n) is 11.2. The SMILES string of the molecule is CC(C)CCC(=O)NC(C)C.CC(C)N(C)C(=O)CCC(C)(C)C.CC(C)NC(=O)CC(C)(C)C.CC(C)NC(=O)CCC(C)(C)C.CC(C)NC(=O)CCCC(C)(C)C.CCCC(C(=O)NC(C)C)S(=O)(=O)OC.CCCCC(=O)NC(C)C. The fourth-order valence-electron chi connectivity index (χ4n) is 6.56. The van der Waals surface area contributed by atoms with E-state index in [9.17, 15) is 42.0 Å². The molecule has 17 nitrogen and oxygen atoms in total. The van der Waals surface area contributed by atoms with Crippen molar-refractivity contribution in [2.24, 2.45) is 27.6 Å². The molecule has 6 N–H and O–H groups in total. The molecule has 85 heavy (non-hydrogen) atoms. The summed E-state index contributed by atoms with van der Waals surface area (Å²) < 4.78 is 27.2. The van der Waals surface area contributed by atoms with Crippen molar-refractivity contribution in [2.75, 3.05) is 14.2 Å². The molecule has 0 aromatic heterocycles. The minimum Gasteiger partial charge on any atom is -0.354 e. The molecule has 0 aliphatic heterocycles. The number of carbonyl (C=O) groups is 7. The molecule has 18 heteroatoms. The minimum atomic E-state index is -3.78. The Hall–Kier alpha value is -3.80. The van der Waals surface area contributed by atoms with Gasteiger partial charge in [-0.15, -0.1) is 0 Å². The molecule has 0 bridgehead atoms. The lowest BCUT2D eigenvalue weighted by Gasteiger charge is -2.24. The molecule has 0 spiro atoms. The quantitative estimate of drug-likeness (QED) is 0.0448. The Morgan fingerprint density at radius 1 is 0.412 bits per heavy atom. The Morgan fingerprint density at radius 3 is 1.04 bits per heavy atom. The number of hydrogen-bond acceptors (Lipinski definition) is 10. The zero-order chi connectivity index (χ0) is 68.9. The van der Waals surface area contributed by atoms with E-state index in [1.807, 2.05) is 102 Å². The standard InChI is InChI=1S/2C11H23NO.C10H21NO.C9H19NO4S.2C9H19NO.C8H17NO/c1-9(2)12(6)10(13)7-8-11(3,4)5;1-9(2)12-10(13)7-6-8-11(3,4)5;1-8(2)11-9(12)6-7-10(3,4)5;1-5-6-8(15(12,13)14-4)9(11)10-7(2)3;1-7(2)10-8(11)6-9(3,4)5;1-7(2)5-6-9(11)10-8(3)4;1-4-5-6-8(10)9-7(2)3/h9H,7-8H2,1-6H3;9H,6-8H2,1-5H3,(H,12,13);8H,6-7H2,1-5H3,(H,11,12);7-8H,5-6H2,1-4H3,(H,10,11);7H,6H2,1-5H3,(H,10,11);7-8H,5-6H2,1-4H3,(H,10,11);7H,4-6H2,1-3H3,(H,9,10). The summed E-state index contributed by atoms with van der Waals surface area (Å²) in [6.07, 6.45) is 11.9. The molecule has 1 atom stereocenters. The lowest BCUT2D eigenvalue weighted by molar-refractivity contribution is -0.132. The van der Waals surface area contributed by atoms with Crippen LogP contribution in [0.1, 0.15) is 304 Å². The minimum absolute atomic E-state index is 0.0797. The van der Waals surface area contributed by atoms with E-state index in [1.165, 1.54) is 0 Å². The summed E-state index contributed by atoms with van der Waals surface area (Å²) in [6, 6.07) is 1.57. The maximum Gasteiger partial charge on any atom is 0.279 e. The van der Waals surface area contributed by atoms with Crippen LogP contribution in [0.15, 0.2) is 0 Å². The molecule has 0 aromatic rings. The van der Waals surface area contributed by atoms with Crippen LogP contribution in [0.2, 0.25) is 0 Å². The number of nitrogens with zero attached hydrogens (tertiary/aromatic N) is 1. The van der Waals surface area contributed by atoms with Crippen LogP contribution in [0.5, 0.6) is 0 Å². The first-order valence-electron chi connectivity index (χ1n) is 32.0. The van der Waals surface area contributed by atoms with Crippen molar-refractivity contribution in [3.05, 3.63) is 0 Å². The Kier molecular flexibility index (Phi) is 57.1. The summed E-state index contributed by atoms with van der Waals surface area (Å²) in [5.41, 5.74) is 0.957. The highest BCUT2D eigenvalue weighted by molar-refractivity contribution is 7.88. The van der Waals surface area contributed by atoms with Gasteiger partial charge in [0.15, 0.2) is 5.25 Å². The van der Waals surface area contributed by atoms with Crippen LogP contribution in [0.25, 0.3) is 0 Å². The molecule has 7 amide bonds. The van der Waals surface area contributed by atoms with Gasteiger partial charge in [0.1, 0.15) is 0 Å². The molecule has 0 rings (SSSR count). The molecule has 0 saturated heterocycles. The number of carbonyl (C=O) groups excluding carboxylic acids is 7. The topological polar surface area (TPSA) is 238 Å². The maximum atomic E-state index is 11.6. The van der Waals surface area contributed by atoms with Crippen molar-refractivity contribution in [3.63, 3.8) is 0 Å². The number of hydrogen-bond donors (Lipinski definition) is 6. The lowest BCUT2D eigenvalue weighted by atomic mass is 9.90. The van der Waals surface area contributed by atoms with E-state index in [2.05, 4.69) is 140 Å². The van der Waals surface area contributed by atoms with Gasteiger partial charge in [0.05, 0.1) is 7.11 Å². The second kappa shape index (κ2) is 51.1. The highest BCUT2D eigenvalue weighted by Crippen LogP contribution is 2.23. The van der Waals surface area contributed by atoms with Crippen molar-refractivity contribution in [3.8, 4) is 0 Å². The second-order valence-corrected chi connectivity index (χ2v) is 31.5. The first-order valence-corrected chi connectivity index (χ1v) is 33.5. The van der Waals surface area contributed by atoms with Crippen LogP contribution in [-0.4, -0.2) is 116 Å². The van der Waals surface area contributed by atoms with Gasteiger partial charge in [-0.05, 0) is 169 Å². The summed E-state index contributed by atoms with van der Waals surface area (Å²) in [7, 11) is -0.839. The maximum absolute atomic E-state index is 11.6. The number of rotatable bonds is 26. The largest absolute Gasteiger partial charge is 0.354 e. The van der Waals surface area contributed by atoms with Gasteiger partial charge >= 0.3 is 0 Å². The highest BCUT2D eigenvalue weighted by Gasteiger charge is 2.32. The highest BCUT2D eigenvalue weighted by atomic mass is 32.2. The summed E-state index contributed by atoms with van der Waals surface area (Å²) >= 11 is 0. The molecule has 0 saturated carbocycles. The van der Waals surface area contributed by atoms with Gasteiger partial charge in [0, 0.05) is 87.9 Å². The van der Waals surface area contributed by atoms with E-state index in [1.54, 1.807) is 13.8 Å². The van der Waals surface area contributed by atoms with Gasteiger partial charge in [-0.3, -0.25) is 37.7 Å². The van der Waals surface area contributed by atoms with E-state index in [-0.39, 0.29) is 94.4 Å². The monoisotopic (exact) mass is 1240 g/mol. The average Bonchev–Trinajstić information content (AvgIpc) is 3.28. The van der Waals surface area contributed by atoms with Gasteiger partial charge < -0.3 is 36.8 Å². The van der Waals surface area contributed by atoms with Gasteiger partial charge in [-0.1, -0.05) is 124 Å². The first-order chi connectivity index (χ1) is 38.2. The second-order valence-electron chi connectivity index (χ2n) is 29.6. The third-order valence-corrected chi connectivity index (χ3v) is 12.8. The lowest BCUT2D eigenvalue weighted by Crippen LogP contribution is -2.43. The molecule has 0 radical (unpaired) electrons. The van der Waals surface area contributed by atoms with Gasteiger partial charge in [0.25, 0.3) is 10.1 Å². The molecule has 510 valence electrons. The van der Waals surface area contributed by atoms with E-state index < -0.39 is 21.3 Å². The molecule has 1 unspecified atom stereocenters. The smallest absolute Gasteiger partial charge is 0.279 e. The Morgan fingerprint density at radius 2 is 0.741 bits per heavy atom. The van der Waals surface area contributed by atoms with Gasteiger partial charge in [0.2, 0.25) is 41.4 Å². The van der Waals surface area contributed by atoms with Crippen molar-refractivity contribution >= 4 is 51.5 Å². The predicted molar refractivity (Wildman–Crippen MR) is 361 cm³/mol. The number of nitrogens with one attached hydrogen (secondary N) is 6. The van der Waals surface area contributed by atoms with Crippen LogP contribution in [0, 0.1) is 27.6 Å². The summed E-state index contributed by atoms with van der Waals surface area (Å²) in [5, 5.41) is 15.8. The summed E-state index contributed by atoms with van der Waals surface area (Å²) in [6.45, 7) is 61.3. The van der Waals surface area contributed by atoms with Crippen molar-refractivity contribution in [2.45, 2.75) is 352 Å². The molecular formula is C67H141N7O10S. The van der Waals surface area contributed by atoms with Crippen LogP contribution in [-0.2, 0) is 47.9 Å². The molecular weight excluding hydrogens is 1090 g/mol. The molecule has 0 aliphatic rings. The fraction of sp³-hybridized carbons (Fsp3) is 0.896. The summed E-state index contributed by atoms with van der Waals surface area (Å²) in [5.74, 6) is 1.23. The third kappa shape index (κ3) is 82.3. The normalized spacial score (nSPS) is 11.9. The molecule has 0 aliphatic carbocycles. The van der Waals surface area contributed by atoms with Crippen LogP contribution in [0.3, 0.4) is 0 Å². The fourth-order valence-corrected chi connectivity index (χ4v) is 7.65.